The predicted molar refractivity (Wildman–Crippen MR) is 73.9 cm³/mol. The molecule has 0 aliphatic carbocycles. The molecule has 1 fully saturated rings. The van der Waals surface area contributed by atoms with E-state index in [9.17, 15) is 9.59 Å². The van der Waals surface area contributed by atoms with E-state index in [1.54, 1.807) is 6.07 Å². The fourth-order valence-corrected chi connectivity index (χ4v) is 2.57. The van der Waals surface area contributed by atoms with Gasteiger partial charge in [-0.15, -0.1) is 0 Å². The van der Waals surface area contributed by atoms with Crippen molar-refractivity contribution in [1.82, 2.24) is 9.88 Å². The van der Waals surface area contributed by atoms with Crippen LogP contribution in [0.25, 0.3) is 0 Å². The summed E-state index contributed by atoms with van der Waals surface area (Å²) < 4.78 is 0. The largest absolute Gasteiger partial charge is 0.480 e. The molecule has 20 heavy (non-hydrogen) atoms. The van der Waals surface area contributed by atoms with Gasteiger partial charge < -0.3 is 15.7 Å². The summed E-state index contributed by atoms with van der Waals surface area (Å²) in [6.07, 6.45) is 3.04. The third kappa shape index (κ3) is 3.69. The summed E-state index contributed by atoms with van der Waals surface area (Å²) in [6.45, 7) is 0.337. The standard InChI is InChI=1S/C14H19N3O3/c15-12-5-1-4-11(16-12)7-6-10-3-2-8-17(14(10)20)9-13(18)19/h1,4-5,10H,2-3,6-9H2,(H2,15,16)(H,18,19). The number of nitrogen functional groups attached to an aromatic ring is 1. The van der Waals surface area contributed by atoms with E-state index in [1.165, 1.54) is 4.90 Å². The molecule has 2 rings (SSSR count). The number of piperidine rings is 1. The van der Waals surface area contributed by atoms with Gasteiger partial charge in [-0.3, -0.25) is 9.59 Å². The third-order valence-electron chi connectivity index (χ3n) is 3.54. The maximum Gasteiger partial charge on any atom is 0.323 e. The van der Waals surface area contributed by atoms with E-state index in [2.05, 4.69) is 4.98 Å². The van der Waals surface area contributed by atoms with Crippen molar-refractivity contribution in [2.75, 3.05) is 18.8 Å². The van der Waals surface area contributed by atoms with Gasteiger partial charge in [-0.25, -0.2) is 4.98 Å². The Hall–Kier alpha value is -2.11. The number of carboxylic acids is 1. The Kier molecular flexibility index (Phi) is 4.55. The molecule has 1 aliphatic heterocycles. The molecule has 1 atom stereocenters. The lowest BCUT2D eigenvalue weighted by molar-refractivity contribution is -0.148. The minimum absolute atomic E-state index is 0.0532. The van der Waals surface area contributed by atoms with Gasteiger partial charge in [-0.05, 0) is 37.8 Å². The Balaban J connectivity index is 1.92. The number of aliphatic carboxylic acids is 1. The summed E-state index contributed by atoms with van der Waals surface area (Å²) >= 11 is 0. The number of nitrogens with zero attached hydrogens (tertiary/aromatic N) is 2. The van der Waals surface area contributed by atoms with Crippen LogP contribution in [0.4, 0.5) is 5.82 Å². The monoisotopic (exact) mass is 277 g/mol. The average molecular weight is 277 g/mol. The molecular formula is C14H19N3O3. The molecule has 0 aromatic carbocycles. The minimum Gasteiger partial charge on any atom is -0.480 e. The number of carboxylic acid groups (broad SMARTS) is 1. The van der Waals surface area contributed by atoms with Crippen LogP contribution >= 0.6 is 0 Å². The lowest BCUT2D eigenvalue weighted by Crippen LogP contribution is -2.43. The zero-order valence-corrected chi connectivity index (χ0v) is 11.3. The van der Waals surface area contributed by atoms with E-state index < -0.39 is 5.97 Å². The number of carbonyl (C=O) groups excluding carboxylic acids is 1. The van der Waals surface area contributed by atoms with Gasteiger partial charge in [0, 0.05) is 18.2 Å². The molecule has 0 radical (unpaired) electrons. The van der Waals surface area contributed by atoms with Crippen molar-refractivity contribution in [3.05, 3.63) is 23.9 Å². The highest BCUT2D eigenvalue weighted by atomic mass is 16.4. The van der Waals surface area contributed by atoms with Crippen molar-refractivity contribution in [3.8, 4) is 0 Å². The number of hydrogen-bond donors (Lipinski definition) is 2. The van der Waals surface area contributed by atoms with Crippen molar-refractivity contribution < 1.29 is 14.7 Å². The number of pyridine rings is 1. The molecule has 6 nitrogen and oxygen atoms in total. The zero-order valence-electron chi connectivity index (χ0n) is 11.3. The smallest absolute Gasteiger partial charge is 0.323 e. The summed E-state index contributed by atoms with van der Waals surface area (Å²) in [5.41, 5.74) is 6.49. The van der Waals surface area contributed by atoms with Gasteiger partial charge in [0.2, 0.25) is 5.91 Å². The second-order valence-corrected chi connectivity index (χ2v) is 5.09. The first kappa shape index (κ1) is 14.3. The van der Waals surface area contributed by atoms with E-state index in [0.717, 1.165) is 18.5 Å². The fraction of sp³-hybridized carbons (Fsp3) is 0.500. The normalized spacial score (nSPS) is 19.1. The topological polar surface area (TPSA) is 96.5 Å². The highest BCUT2D eigenvalue weighted by molar-refractivity contribution is 5.83. The van der Waals surface area contributed by atoms with Gasteiger partial charge in [-0.1, -0.05) is 6.07 Å². The molecular weight excluding hydrogens is 258 g/mol. The first-order valence-electron chi connectivity index (χ1n) is 6.78. The molecule has 108 valence electrons. The average Bonchev–Trinajstić information content (AvgIpc) is 2.39. The number of nitrogens with two attached hydrogens (primary N) is 1. The van der Waals surface area contributed by atoms with Gasteiger partial charge in [0.25, 0.3) is 0 Å². The van der Waals surface area contributed by atoms with Crippen LogP contribution in [0.1, 0.15) is 25.0 Å². The Morgan fingerprint density at radius 3 is 3.00 bits per heavy atom. The number of likely N-dealkylation sites (tertiary alicyclic amines) is 1. The number of aromatic nitrogens is 1. The Bertz CT molecular complexity index is 504. The zero-order chi connectivity index (χ0) is 14.5. The number of hydrogen-bond acceptors (Lipinski definition) is 4. The highest BCUT2D eigenvalue weighted by Gasteiger charge is 2.29. The van der Waals surface area contributed by atoms with Gasteiger partial charge >= 0.3 is 5.97 Å². The SMILES string of the molecule is Nc1cccc(CCC2CCCN(CC(=O)O)C2=O)n1. The summed E-state index contributed by atoms with van der Waals surface area (Å²) in [5, 5.41) is 8.79. The summed E-state index contributed by atoms with van der Waals surface area (Å²) in [7, 11) is 0. The van der Waals surface area contributed by atoms with Gasteiger partial charge in [-0.2, -0.15) is 0 Å². The lowest BCUT2D eigenvalue weighted by atomic mass is 9.91. The van der Waals surface area contributed by atoms with E-state index in [4.69, 9.17) is 10.8 Å². The van der Waals surface area contributed by atoms with E-state index in [-0.39, 0.29) is 18.4 Å². The predicted octanol–water partition coefficient (Wildman–Crippen LogP) is 0.920. The van der Waals surface area contributed by atoms with Gasteiger partial charge in [0.05, 0.1) is 0 Å². The molecule has 0 saturated carbocycles. The van der Waals surface area contributed by atoms with Crippen LogP contribution in [0.2, 0.25) is 0 Å². The fourth-order valence-electron chi connectivity index (χ4n) is 2.57. The summed E-state index contributed by atoms with van der Waals surface area (Å²) in [5.74, 6) is -0.643. The van der Waals surface area contributed by atoms with Crippen LogP contribution in [0, 0.1) is 5.92 Å². The van der Waals surface area contributed by atoms with Crippen molar-refractivity contribution in [1.29, 1.82) is 0 Å². The molecule has 0 spiro atoms. The maximum atomic E-state index is 12.2. The molecule has 1 aromatic rings. The van der Waals surface area contributed by atoms with Gasteiger partial charge in [0.15, 0.2) is 0 Å². The van der Waals surface area contributed by atoms with E-state index >= 15 is 0 Å². The molecule has 1 aliphatic rings. The molecule has 0 bridgehead atoms. The van der Waals surface area contributed by atoms with Gasteiger partial charge in [0.1, 0.15) is 12.4 Å². The Morgan fingerprint density at radius 1 is 1.50 bits per heavy atom. The summed E-state index contributed by atoms with van der Waals surface area (Å²) in [4.78, 5) is 28.5. The third-order valence-corrected chi connectivity index (χ3v) is 3.54. The molecule has 1 amide bonds. The second kappa shape index (κ2) is 6.36. The van der Waals surface area contributed by atoms with Crippen molar-refractivity contribution >= 4 is 17.7 Å². The first-order chi connectivity index (χ1) is 9.56. The maximum absolute atomic E-state index is 12.2. The summed E-state index contributed by atoms with van der Waals surface area (Å²) in [6, 6.07) is 5.46. The Labute approximate surface area is 117 Å². The number of rotatable bonds is 5. The molecule has 1 unspecified atom stereocenters. The van der Waals surface area contributed by atoms with Crippen molar-refractivity contribution in [2.45, 2.75) is 25.7 Å². The minimum atomic E-state index is -0.962. The van der Waals surface area contributed by atoms with Crippen LogP contribution in [-0.2, 0) is 16.0 Å². The number of carbonyl (C=O) groups is 2. The van der Waals surface area contributed by atoms with Crippen LogP contribution in [0.3, 0.4) is 0 Å². The molecule has 1 aromatic heterocycles. The van der Waals surface area contributed by atoms with E-state index in [1.807, 2.05) is 12.1 Å². The van der Waals surface area contributed by atoms with E-state index in [0.29, 0.717) is 25.2 Å². The molecule has 6 heteroatoms. The van der Waals surface area contributed by atoms with Crippen LogP contribution in [0.5, 0.6) is 0 Å². The molecule has 3 N–H and O–H groups in total. The quantitative estimate of drug-likeness (QED) is 0.834. The first-order valence-corrected chi connectivity index (χ1v) is 6.78. The van der Waals surface area contributed by atoms with Crippen LogP contribution in [-0.4, -0.2) is 40.0 Å². The van der Waals surface area contributed by atoms with Crippen molar-refractivity contribution in [2.24, 2.45) is 5.92 Å². The number of aryl methyl sites for hydroxylation is 1. The number of amides is 1. The number of anilines is 1. The Morgan fingerprint density at radius 2 is 2.30 bits per heavy atom. The highest BCUT2D eigenvalue weighted by Crippen LogP contribution is 2.22. The molecule has 2 heterocycles. The second-order valence-electron chi connectivity index (χ2n) is 5.09. The van der Waals surface area contributed by atoms with Crippen molar-refractivity contribution in [3.63, 3.8) is 0 Å². The lowest BCUT2D eigenvalue weighted by Gasteiger charge is -2.31. The van der Waals surface area contributed by atoms with Crippen LogP contribution in [0.15, 0.2) is 18.2 Å². The molecule has 1 saturated heterocycles. The van der Waals surface area contributed by atoms with Crippen LogP contribution < -0.4 is 5.73 Å².